The van der Waals surface area contributed by atoms with Crippen molar-refractivity contribution in [3.8, 4) is 23.2 Å². The van der Waals surface area contributed by atoms with Gasteiger partial charge in [0.25, 0.3) is 0 Å². The highest BCUT2D eigenvalue weighted by molar-refractivity contribution is 7.99. The van der Waals surface area contributed by atoms with E-state index >= 15 is 0 Å². The maximum atomic E-state index is 12.4. The van der Waals surface area contributed by atoms with Crippen molar-refractivity contribution in [1.29, 1.82) is 5.26 Å². The molecular formula is C19H24N6O2S. The standard InChI is InChI=1S/C19H24N6O2S/c1-27-15-9-5-4-8-14(15)17-23-24-18(25(17)21)28-12-16(26)22-19(13-20)10-6-2-3-7-11-19/h4-5,8-9H,2-3,6-7,10-12,21H2,1H3,(H,22,26). The fourth-order valence-electron chi connectivity index (χ4n) is 3.42. The Hall–Kier alpha value is -2.73. The Morgan fingerprint density at radius 1 is 1.32 bits per heavy atom. The van der Waals surface area contributed by atoms with E-state index in [-0.39, 0.29) is 11.7 Å². The van der Waals surface area contributed by atoms with Crippen LogP contribution in [-0.4, -0.2) is 39.2 Å². The number of methoxy groups -OCH3 is 1. The highest BCUT2D eigenvalue weighted by Crippen LogP contribution is 2.30. The Balaban J connectivity index is 1.66. The van der Waals surface area contributed by atoms with E-state index in [4.69, 9.17) is 10.6 Å². The van der Waals surface area contributed by atoms with Crippen LogP contribution in [0.25, 0.3) is 11.4 Å². The van der Waals surface area contributed by atoms with Crippen LogP contribution in [0.2, 0.25) is 0 Å². The number of para-hydroxylation sites is 1. The molecule has 8 nitrogen and oxygen atoms in total. The van der Waals surface area contributed by atoms with Gasteiger partial charge in [-0.1, -0.05) is 49.6 Å². The molecule has 0 atom stereocenters. The molecule has 1 aromatic carbocycles. The molecule has 9 heteroatoms. The minimum absolute atomic E-state index is 0.116. The molecule has 1 aromatic heterocycles. The number of carbonyl (C=O) groups excluding carboxylic acids is 1. The number of nitrogens with one attached hydrogen (secondary N) is 1. The van der Waals surface area contributed by atoms with E-state index in [1.54, 1.807) is 7.11 Å². The van der Waals surface area contributed by atoms with Gasteiger partial charge in [-0.25, -0.2) is 4.68 Å². The molecular weight excluding hydrogens is 376 g/mol. The fourth-order valence-corrected chi connectivity index (χ4v) is 4.07. The number of nitrogens with zero attached hydrogens (tertiary/aromatic N) is 4. The van der Waals surface area contributed by atoms with Crippen LogP contribution in [0.15, 0.2) is 29.4 Å². The van der Waals surface area contributed by atoms with Gasteiger partial charge in [-0.05, 0) is 25.0 Å². The molecule has 1 fully saturated rings. The van der Waals surface area contributed by atoms with E-state index < -0.39 is 5.54 Å². The lowest BCUT2D eigenvalue weighted by atomic mass is 9.92. The molecule has 0 saturated heterocycles. The van der Waals surface area contributed by atoms with Crippen molar-refractivity contribution in [2.45, 2.75) is 49.2 Å². The second kappa shape index (κ2) is 8.97. The Kier molecular flexibility index (Phi) is 6.41. The van der Waals surface area contributed by atoms with Crippen molar-refractivity contribution >= 4 is 17.7 Å². The second-order valence-electron chi connectivity index (χ2n) is 6.82. The molecule has 148 valence electrons. The molecule has 1 aliphatic rings. The number of hydrogen-bond donors (Lipinski definition) is 2. The summed E-state index contributed by atoms with van der Waals surface area (Å²) in [6.45, 7) is 0. The summed E-state index contributed by atoms with van der Waals surface area (Å²) in [4.78, 5) is 12.4. The van der Waals surface area contributed by atoms with Crippen molar-refractivity contribution in [3.05, 3.63) is 24.3 Å². The minimum atomic E-state index is -0.757. The lowest BCUT2D eigenvalue weighted by molar-refractivity contribution is -0.120. The number of thioether (sulfide) groups is 1. The smallest absolute Gasteiger partial charge is 0.231 e. The number of nitrogen functional groups attached to an aromatic ring is 1. The number of amides is 1. The van der Waals surface area contributed by atoms with Crippen molar-refractivity contribution in [2.75, 3.05) is 18.7 Å². The molecule has 0 radical (unpaired) electrons. The van der Waals surface area contributed by atoms with E-state index in [0.29, 0.717) is 29.6 Å². The summed E-state index contributed by atoms with van der Waals surface area (Å²) in [5.41, 5.74) is -0.0363. The number of aromatic nitrogens is 3. The van der Waals surface area contributed by atoms with E-state index in [0.717, 1.165) is 31.2 Å². The zero-order chi connectivity index (χ0) is 20.0. The number of hydrogen-bond acceptors (Lipinski definition) is 7. The van der Waals surface area contributed by atoms with E-state index in [1.807, 2.05) is 24.3 Å². The largest absolute Gasteiger partial charge is 0.496 e. The summed E-state index contributed by atoms with van der Waals surface area (Å²) in [6.07, 6.45) is 5.53. The molecule has 0 bridgehead atoms. The molecule has 0 unspecified atom stereocenters. The van der Waals surface area contributed by atoms with Crippen LogP contribution in [0.4, 0.5) is 0 Å². The lowest BCUT2D eigenvalue weighted by Crippen LogP contribution is -2.47. The van der Waals surface area contributed by atoms with Crippen LogP contribution in [0, 0.1) is 11.3 Å². The number of nitriles is 1. The highest BCUT2D eigenvalue weighted by atomic mass is 32.2. The average molecular weight is 401 g/mol. The summed E-state index contributed by atoms with van der Waals surface area (Å²) in [5.74, 6) is 7.15. The molecule has 3 rings (SSSR count). The zero-order valence-corrected chi connectivity index (χ0v) is 16.7. The SMILES string of the molecule is COc1ccccc1-c1nnc(SCC(=O)NC2(C#N)CCCCCC2)n1N. The van der Waals surface area contributed by atoms with E-state index in [9.17, 15) is 10.1 Å². The number of carbonyl (C=O) groups is 1. The summed E-state index contributed by atoms with van der Waals surface area (Å²) in [5, 5.41) is 21.2. The first-order chi connectivity index (χ1) is 13.6. The first-order valence-corrected chi connectivity index (χ1v) is 10.3. The third-order valence-electron chi connectivity index (χ3n) is 4.89. The van der Waals surface area contributed by atoms with Crippen LogP contribution in [0.5, 0.6) is 5.75 Å². The third-order valence-corrected chi connectivity index (χ3v) is 5.84. The Labute approximate surface area is 168 Å². The second-order valence-corrected chi connectivity index (χ2v) is 7.76. The van der Waals surface area contributed by atoms with Crippen molar-refractivity contribution < 1.29 is 9.53 Å². The topological polar surface area (TPSA) is 119 Å². The molecule has 1 aliphatic carbocycles. The van der Waals surface area contributed by atoms with Crippen LogP contribution >= 0.6 is 11.8 Å². The first-order valence-electron chi connectivity index (χ1n) is 9.27. The van der Waals surface area contributed by atoms with Crippen LogP contribution < -0.4 is 15.9 Å². The van der Waals surface area contributed by atoms with Gasteiger partial charge in [0.2, 0.25) is 11.1 Å². The molecule has 1 amide bonds. The maximum absolute atomic E-state index is 12.4. The third kappa shape index (κ3) is 4.39. The monoisotopic (exact) mass is 400 g/mol. The van der Waals surface area contributed by atoms with Gasteiger partial charge in [0, 0.05) is 0 Å². The van der Waals surface area contributed by atoms with Gasteiger partial charge in [0.1, 0.15) is 11.3 Å². The van der Waals surface area contributed by atoms with Crippen molar-refractivity contribution in [2.24, 2.45) is 0 Å². The summed E-state index contributed by atoms with van der Waals surface area (Å²) in [6, 6.07) is 9.71. The van der Waals surface area contributed by atoms with Gasteiger partial charge in [0.15, 0.2) is 5.82 Å². The molecule has 0 aliphatic heterocycles. The van der Waals surface area contributed by atoms with Gasteiger partial charge in [-0.15, -0.1) is 10.2 Å². The quantitative estimate of drug-likeness (QED) is 0.434. The van der Waals surface area contributed by atoms with Gasteiger partial charge < -0.3 is 15.9 Å². The highest BCUT2D eigenvalue weighted by Gasteiger charge is 2.32. The predicted molar refractivity (Wildman–Crippen MR) is 107 cm³/mol. The predicted octanol–water partition coefficient (Wildman–Crippen LogP) is 2.49. The normalized spacial score (nSPS) is 16.0. The molecule has 3 N–H and O–H groups in total. The number of nitrogens with two attached hydrogens (primary N) is 1. The van der Waals surface area contributed by atoms with Crippen LogP contribution in [0.1, 0.15) is 38.5 Å². The summed E-state index contributed by atoms with van der Waals surface area (Å²) in [7, 11) is 1.58. The summed E-state index contributed by atoms with van der Waals surface area (Å²) >= 11 is 1.19. The molecule has 1 saturated carbocycles. The Morgan fingerprint density at radius 3 is 2.71 bits per heavy atom. The van der Waals surface area contributed by atoms with Crippen molar-refractivity contribution in [1.82, 2.24) is 20.2 Å². The van der Waals surface area contributed by atoms with E-state index in [2.05, 4.69) is 21.6 Å². The Bertz CT molecular complexity index is 868. The average Bonchev–Trinajstić information content (AvgIpc) is 2.92. The molecule has 0 spiro atoms. The van der Waals surface area contributed by atoms with Crippen molar-refractivity contribution in [3.63, 3.8) is 0 Å². The molecule has 2 aromatic rings. The Morgan fingerprint density at radius 2 is 2.04 bits per heavy atom. The lowest BCUT2D eigenvalue weighted by Gasteiger charge is -2.26. The summed E-state index contributed by atoms with van der Waals surface area (Å²) < 4.78 is 6.69. The fraction of sp³-hybridized carbons (Fsp3) is 0.474. The number of ether oxygens (including phenoxy) is 1. The minimum Gasteiger partial charge on any atom is -0.496 e. The maximum Gasteiger partial charge on any atom is 0.231 e. The van der Waals surface area contributed by atoms with Crippen LogP contribution in [-0.2, 0) is 4.79 Å². The van der Waals surface area contributed by atoms with Crippen LogP contribution in [0.3, 0.4) is 0 Å². The number of benzene rings is 1. The van der Waals surface area contributed by atoms with Gasteiger partial charge in [-0.3, -0.25) is 4.79 Å². The zero-order valence-electron chi connectivity index (χ0n) is 15.9. The van der Waals surface area contributed by atoms with Gasteiger partial charge in [0.05, 0.1) is 24.5 Å². The first kappa shape index (κ1) is 20.0. The molecule has 1 heterocycles. The van der Waals surface area contributed by atoms with Gasteiger partial charge in [-0.2, -0.15) is 5.26 Å². The van der Waals surface area contributed by atoms with E-state index in [1.165, 1.54) is 16.4 Å². The molecule has 28 heavy (non-hydrogen) atoms. The number of rotatable bonds is 6. The van der Waals surface area contributed by atoms with Gasteiger partial charge >= 0.3 is 0 Å².